The highest BCUT2D eigenvalue weighted by atomic mass is 16.5. The number of anilines is 1. The van der Waals surface area contributed by atoms with Gasteiger partial charge in [0.05, 0.1) is 12.2 Å². The summed E-state index contributed by atoms with van der Waals surface area (Å²) in [6.07, 6.45) is 2.32. The standard InChI is InChI=1S/C19H18N4O2/c24-19(21-17-8-3-6-14-5-1-2-7-16(14)17)23-12-10-15(13-23)25-18-9-4-11-20-22-18/h1-9,11,15H,10,12-13H2,(H,21,24). The molecule has 1 atom stereocenters. The molecule has 1 unspecified atom stereocenters. The van der Waals surface area contributed by atoms with Gasteiger partial charge in [0.25, 0.3) is 0 Å². The number of amides is 2. The minimum Gasteiger partial charge on any atom is -0.471 e. The quantitative estimate of drug-likeness (QED) is 0.798. The maximum absolute atomic E-state index is 12.6. The molecule has 0 bridgehead atoms. The number of nitrogens with one attached hydrogen (secondary N) is 1. The number of carbonyl (C=O) groups excluding carboxylic acids is 1. The fraction of sp³-hybridized carbons (Fsp3) is 0.211. The van der Waals surface area contributed by atoms with Gasteiger partial charge < -0.3 is 15.0 Å². The van der Waals surface area contributed by atoms with Crippen molar-refractivity contribution in [3.8, 4) is 5.88 Å². The Balaban J connectivity index is 1.42. The molecule has 4 rings (SSSR count). The van der Waals surface area contributed by atoms with E-state index in [0.29, 0.717) is 19.0 Å². The fourth-order valence-electron chi connectivity index (χ4n) is 3.06. The third-order valence-electron chi connectivity index (χ3n) is 4.30. The summed E-state index contributed by atoms with van der Waals surface area (Å²) in [7, 11) is 0. The van der Waals surface area contributed by atoms with Crippen LogP contribution in [0.4, 0.5) is 10.5 Å². The van der Waals surface area contributed by atoms with Gasteiger partial charge in [-0.05, 0) is 17.5 Å². The van der Waals surface area contributed by atoms with Gasteiger partial charge in [-0.3, -0.25) is 0 Å². The SMILES string of the molecule is O=C(Nc1cccc2ccccc12)N1CCC(Oc2cccnn2)C1. The van der Waals surface area contributed by atoms with E-state index < -0.39 is 0 Å². The van der Waals surface area contributed by atoms with Crippen molar-refractivity contribution in [1.29, 1.82) is 0 Å². The lowest BCUT2D eigenvalue weighted by Crippen LogP contribution is -2.34. The van der Waals surface area contributed by atoms with E-state index in [4.69, 9.17) is 4.74 Å². The van der Waals surface area contributed by atoms with Crippen molar-refractivity contribution >= 4 is 22.5 Å². The summed E-state index contributed by atoms with van der Waals surface area (Å²) in [6.45, 7) is 1.19. The Kier molecular flexibility index (Phi) is 4.16. The first-order chi connectivity index (χ1) is 12.3. The van der Waals surface area contributed by atoms with Crippen molar-refractivity contribution in [1.82, 2.24) is 15.1 Å². The Morgan fingerprint density at radius 1 is 1.12 bits per heavy atom. The summed E-state index contributed by atoms with van der Waals surface area (Å²) in [6, 6.07) is 17.3. The summed E-state index contributed by atoms with van der Waals surface area (Å²) >= 11 is 0. The average Bonchev–Trinajstić information content (AvgIpc) is 3.11. The zero-order valence-electron chi connectivity index (χ0n) is 13.6. The molecule has 0 radical (unpaired) electrons. The number of fused-ring (bicyclic) bond motifs is 1. The smallest absolute Gasteiger partial charge is 0.321 e. The molecule has 6 heteroatoms. The van der Waals surface area contributed by atoms with Gasteiger partial charge in [-0.2, -0.15) is 5.10 Å². The van der Waals surface area contributed by atoms with E-state index in [2.05, 4.69) is 15.5 Å². The number of benzene rings is 2. The Labute approximate surface area is 145 Å². The number of likely N-dealkylation sites (tertiary alicyclic amines) is 1. The highest BCUT2D eigenvalue weighted by Gasteiger charge is 2.28. The van der Waals surface area contributed by atoms with Crippen LogP contribution in [0, 0.1) is 0 Å². The molecular formula is C19H18N4O2. The first kappa shape index (κ1) is 15.4. The number of hydrogen-bond acceptors (Lipinski definition) is 4. The lowest BCUT2D eigenvalue weighted by Gasteiger charge is -2.18. The molecule has 1 aromatic heterocycles. The Hall–Kier alpha value is -3.15. The number of hydrogen-bond donors (Lipinski definition) is 1. The van der Waals surface area contributed by atoms with Gasteiger partial charge in [0, 0.05) is 30.6 Å². The van der Waals surface area contributed by atoms with E-state index in [0.717, 1.165) is 22.9 Å². The summed E-state index contributed by atoms with van der Waals surface area (Å²) in [5.41, 5.74) is 0.821. The molecule has 3 aromatic rings. The molecule has 126 valence electrons. The van der Waals surface area contributed by atoms with Crippen LogP contribution < -0.4 is 10.1 Å². The van der Waals surface area contributed by atoms with Crippen LogP contribution in [-0.4, -0.2) is 40.3 Å². The number of urea groups is 1. The van der Waals surface area contributed by atoms with Gasteiger partial charge in [0.1, 0.15) is 6.10 Å². The molecule has 1 saturated heterocycles. The molecule has 1 fully saturated rings. The highest BCUT2D eigenvalue weighted by Crippen LogP contribution is 2.24. The number of ether oxygens (including phenoxy) is 1. The lowest BCUT2D eigenvalue weighted by atomic mass is 10.1. The molecule has 0 saturated carbocycles. The van der Waals surface area contributed by atoms with E-state index in [-0.39, 0.29) is 12.1 Å². The summed E-state index contributed by atoms with van der Waals surface area (Å²) in [4.78, 5) is 14.4. The van der Waals surface area contributed by atoms with Crippen molar-refractivity contribution < 1.29 is 9.53 Å². The lowest BCUT2D eigenvalue weighted by molar-refractivity contribution is 0.188. The Bertz CT molecular complexity index is 879. The van der Waals surface area contributed by atoms with Crippen LogP contribution in [0.25, 0.3) is 10.8 Å². The van der Waals surface area contributed by atoms with Crippen molar-refractivity contribution in [2.75, 3.05) is 18.4 Å². The minimum absolute atomic E-state index is 0.0602. The van der Waals surface area contributed by atoms with Crippen LogP contribution in [0.5, 0.6) is 5.88 Å². The van der Waals surface area contributed by atoms with E-state index in [9.17, 15) is 4.79 Å². The monoisotopic (exact) mass is 334 g/mol. The second kappa shape index (κ2) is 6.76. The van der Waals surface area contributed by atoms with Gasteiger partial charge >= 0.3 is 6.03 Å². The molecule has 2 amide bonds. The topological polar surface area (TPSA) is 67.4 Å². The summed E-state index contributed by atoms with van der Waals surface area (Å²) in [5.74, 6) is 0.490. The van der Waals surface area contributed by atoms with Crippen molar-refractivity contribution in [2.24, 2.45) is 0 Å². The second-order valence-corrected chi connectivity index (χ2v) is 5.99. The molecule has 6 nitrogen and oxygen atoms in total. The third-order valence-corrected chi connectivity index (χ3v) is 4.30. The molecule has 2 heterocycles. The molecule has 1 aliphatic heterocycles. The molecule has 2 aromatic carbocycles. The number of rotatable bonds is 3. The van der Waals surface area contributed by atoms with Crippen LogP contribution in [-0.2, 0) is 0 Å². The van der Waals surface area contributed by atoms with E-state index >= 15 is 0 Å². The highest BCUT2D eigenvalue weighted by molar-refractivity contribution is 6.01. The minimum atomic E-state index is -0.110. The number of carbonyl (C=O) groups is 1. The van der Waals surface area contributed by atoms with Crippen molar-refractivity contribution in [3.05, 3.63) is 60.8 Å². The van der Waals surface area contributed by atoms with Crippen LogP contribution in [0.2, 0.25) is 0 Å². The van der Waals surface area contributed by atoms with Crippen LogP contribution in [0.15, 0.2) is 60.8 Å². The predicted octanol–water partition coefficient (Wildman–Crippen LogP) is 3.32. The van der Waals surface area contributed by atoms with Gasteiger partial charge in [0.15, 0.2) is 0 Å². The third kappa shape index (κ3) is 3.38. The Morgan fingerprint density at radius 3 is 2.88 bits per heavy atom. The van der Waals surface area contributed by atoms with Crippen LogP contribution >= 0.6 is 0 Å². The zero-order valence-corrected chi connectivity index (χ0v) is 13.6. The molecule has 25 heavy (non-hydrogen) atoms. The first-order valence-electron chi connectivity index (χ1n) is 8.28. The normalized spacial score (nSPS) is 16.8. The van der Waals surface area contributed by atoms with Crippen molar-refractivity contribution in [2.45, 2.75) is 12.5 Å². The fourth-order valence-corrected chi connectivity index (χ4v) is 3.06. The maximum atomic E-state index is 12.6. The van der Waals surface area contributed by atoms with E-state index in [1.54, 1.807) is 23.2 Å². The number of aromatic nitrogens is 2. The average molecular weight is 334 g/mol. The second-order valence-electron chi connectivity index (χ2n) is 5.99. The summed E-state index contributed by atoms with van der Waals surface area (Å²) in [5, 5.41) is 12.9. The largest absolute Gasteiger partial charge is 0.471 e. The Morgan fingerprint density at radius 2 is 2.00 bits per heavy atom. The summed E-state index contributed by atoms with van der Waals surface area (Å²) < 4.78 is 5.78. The van der Waals surface area contributed by atoms with Crippen molar-refractivity contribution in [3.63, 3.8) is 0 Å². The molecule has 1 N–H and O–H groups in total. The molecular weight excluding hydrogens is 316 g/mol. The zero-order chi connectivity index (χ0) is 17.1. The molecule has 0 spiro atoms. The maximum Gasteiger partial charge on any atom is 0.321 e. The predicted molar refractivity (Wildman–Crippen MR) is 95.6 cm³/mol. The van der Waals surface area contributed by atoms with Gasteiger partial charge in [0.2, 0.25) is 5.88 Å². The molecule has 0 aliphatic carbocycles. The van der Waals surface area contributed by atoms with E-state index in [1.165, 1.54) is 0 Å². The molecule has 1 aliphatic rings. The number of nitrogens with zero attached hydrogens (tertiary/aromatic N) is 3. The van der Waals surface area contributed by atoms with E-state index in [1.807, 2.05) is 42.5 Å². The first-order valence-corrected chi connectivity index (χ1v) is 8.28. The van der Waals surface area contributed by atoms with Gasteiger partial charge in [-0.25, -0.2) is 4.79 Å². The van der Waals surface area contributed by atoms with Gasteiger partial charge in [-0.1, -0.05) is 36.4 Å². The van der Waals surface area contributed by atoms with Crippen LogP contribution in [0.3, 0.4) is 0 Å². The van der Waals surface area contributed by atoms with Crippen LogP contribution in [0.1, 0.15) is 6.42 Å². The van der Waals surface area contributed by atoms with Gasteiger partial charge in [-0.15, -0.1) is 5.10 Å².